The van der Waals surface area contributed by atoms with Crippen molar-refractivity contribution in [3.63, 3.8) is 0 Å². The number of likely N-dealkylation sites (tertiary alicyclic amines) is 1. The van der Waals surface area contributed by atoms with Crippen molar-refractivity contribution in [2.24, 2.45) is 11.8 Å². The van der Waals surface area contributed by atoms with Gasteiger partial charge in [0.05, 0.1) is 42.4 Å². The van der Waals surface area contributed by atoms with Gasteiger partial charge in [-0.15, -0.1) is 11.8 Å². The van der Waals surface area contributed by atoms with Crippen LogP contribution in [0.15, 0.2) is 30.3 Å². The molecule has 1 aromatic carbocycles. The second kappa shape index (κ2) is 10.7. The van der Waals surface area contributed by atoms with Gasteiger partial charge in [0.25, 0.3) is 0 Å². The molecule has 196 valence electrons. The monoisotopic (exact) mass is 516 g/mol. The summed E-state index contributed by atoms with van der Waals surface area (Å²) in [4.78, 5) is 44.7. The average molecular weight is 517 g/mol. The number of hydrogen-bond acceptors (Lipinski definition) is 7. The molecule has 4 saturated heterocycles. The molecule has 9 nitrogen and oxygen atoms in total. The normalized spacial score (nSPS) is 32.4. The second-order valence-electron chi connectivity index (χ2n) is 10.3. The van der Waals surface area contributed by atoms with E-state index in [4.69, 9.17) is 4.74 Å². The lowest BCUT2D eigenvalue weighted by Crippen LogP contribution is -2.56. The number of aliphatic hydroxyl groups excluding tert-OH is 1. The highest BCUT2D eigenvalue weighted by Crippen LogP contribution is 2.66. The zero-order valence-corrected chi connectivity index (χ0v) is 21.5. The Kier molecular flexibility index (Phi) is 7.57. The lowest BCUT2D eigenvalue weighted by molar-refractivity contribution is -0.142. The Balaban J connectivity index is 1.32. The Hall–Kier alpha value is -2.14. The van der Waals surface area contributed by atoms with Crippen LogP contribution in [0.5, 0.6) is 0 Å². The fourth-order valence-corrected chi connectivity index (χ4v) is 8.62. The molecule has 4 aliphatic heterocycles. The fraction of sp³-hybridized carbons (Fsp3) is 0.654. The van der Waals surface area contributed by atoms with Crippen LogP contribution >= 0.6 is 11.8 Å². The van der Waals surface area contributed by atoms with Crippen molar-refractivity contribution in [1.82, 2.24) is 20.4 Å². The number of thioether (sulfide) groups is 1. The summed E-state index contributed by atoms with van der Waals surface area (Å²) < 4.78 is 4.76. The van der Waals surface area contributed by atoms with Crippen molar-refractivity contribution >= 4 is 29.5 Å². The van der Waals surface area contributed by atoms with Crippen LogP contribution in [0.4, 0.5) is 0 Å². The molecule has 36 heavy (non-hydrogen) atoms. The van der Waals surface area contributed by atoms with Gasteiger partial charge < -0.3 is 25.4 Å². The van der Waals surface area contributed by atoms with Gasteiger partial charge in [-0.3, -0.25) is 19.3 Å². The number of hydrogen-bond donors (Lipinski definition) is 3. The van der Waals surface area contributed by atoms with Crippen LogP contribution in [0, 0.1) is 11.8 Å². The second-order valence-corrected chi connectivity index (χ2v) is 11.9. The Morgan fingerprint density at radius 2 is 1.94 bits per heavy atom. The van der Waals surface area contributed by atoms with Crippen LogP contribution in [0.1, 0.15) is 25.3 Å². The van der Waals surface area contributed by atoms with Crippen LogP contribution in [0.25, 0.3) is 0 Å². The van der Waals surface area contributed by atoms with Gasteiger partial charge in [-0.2, -0.15) is 0 Å². The van der Waals surface area contributed by atoms with Crippen molar-refractivity contribution in [3.8, 4) is 0 Å². The number of nitrogens with zero attached hydrogens (tertiary/aromatic N) is 2. The van der Waals surface area contributed by atoms with Crippen LogP contribution in [0.2, 0.25) is 0 Å². The average Bonchev–Trinajstić information content (AvgIpc) is 3.55. The maximum absolute atomic E-state index is 13.8. The lowest BCUT2D eigenvalue weighted by atomic mass is 9.70. The molecule has 0 saturated carbocycles. The molecular weight excluding hydrogens is 480 g/mol. The first kappa shape index (κ1) is 25.5. The predicted octanol–water partition coefficient (Wildman–Crippen LogP) is 0.223. The van der Waals surface area contributed by atoms with Crippen molar-refractivity contribution in [1.29, 1.82) is 0 Å². The molecule has 1 aromatic rings. The molecule has 4 fully saturated rings. The summed E-state index contributed by atoms with van der Waals surface area (Å²) in [7, 11) is 0. The lowest BCUT2D eigenvalue weighted by Gasteiger charge is -2.36. The third-order valence-electron chi connectivity index (χ3n) is 8.17. The zero-order chi connectivity index (χ0) is 25.3. The molecule has 5 rings (SSSR count). The van der Waals surface area contributed by atoms with Crippen molar-refractivity contribution in [3.05, 3.63) is 35.9 Å². The third kappa shape index (κ3) is 4.53. The minimum atomic E-state index is -0.691. The fourth-order valence-electron chi connectivity index (χ4n) is 6.41. The van der Waals surface area contributed by atoms with E-state index in [1.807, 2.05) is 30.3 Å². The number of nitrogens with one attached hydrogen (secondary N) is 2. The van der Waals surface area contributed by atoms with Gasteiger partial charge in [0, 0.05) is 38.0 Å². The molecule has 6 atom stereocenters. The molecule has 3 amide bonds. The van der Waals surface area contributed by atoms with E-state index in [2.05, 4.69) is 15.5 Å². The van der Waals surface area contributed by atoms with Crippen LogP contribution in [-0.4, -0.2) is 101 Å². The van der Waals surface area contributed by atoms with Crippen LogP contribution in [0.3, 0.4) is 0 Å². The van der Waals surface area contributed by atoms with Crippen molar-refractivity contribution in [2.45, 2.75) is 48.4 Å². The highest BCUT2D eigenvalue weighted by atomic mass is 32.2. The SMILES string of the molecule is C[C@H](CO)N1C(=O)[C@@H]2[C@H](C(=O)NCc3ccccc3)[C@@H]3CCC2(S3)C1C(=O)NCCN1CCOCC1. The maximum atomic E-state index is 13.8. The number of morpholine rings is 1. The first-order valence-electron chi connectivity index (χ1n) is 13.0. The van der Waals surface area contributed by atoms with Gasteiger partial charge in [-0.05, 0) is 25.3 Å². The van der Waals surface area contributed by atoms with Gasteiger partial charge in [-0.25, -0.2) is 0 Å². The summed E-state index contributed by atoms with van der Waals surface area (Å²) in [5, 5.41) is 16.1. The quantitative estimate of drug-likeness (QED) is 0.431. The van der Waals surface area contributed by atoms with E-state index in [9.17, 15) is 19.5 Å². The van der Waals surface area contributed by atoms with Crippen LogP contribution < -0.4 is 10.6 Å². The van der Waals surface area contributed by atoms with E-state index in [0.29, 0.717) is 26.3 Å². The first-order chi connectivity index (χ1) is 17.5. The number of amides is 3. The number of aliphatic hydroxyl groups is 1. The number of fused-ring (bicyclic) bond motifs is 1. The number of ether oxygens (including phenoxy) is 1. The van der Waals surface area contributed by atoms with Gasteiger partial charge in [0.1, 0.15) is 6.04 Å². The molecule has 2 bridgehead atoms. The predicted molar refractivity (Wildman–Crippen MR) is 136 cm³/mol. The number of rotatable bonds is 9. The van der Waals surface area contributed by atoms with Crippen molar-refractivity contribution in [2.75, 3.05) is 46.0 Å². The summed E-state index contributed by atoms with van der Waals surface area (Å²) in [5.41, 5.74) is 1.00. The van der Waals surface area contributed by atoms with E-state index in [-0.39, 0.29) is 29.6 Å². The molecule has 4 heterocycles. The Bertz CT molecular complexity index is 974. The van der Waals surface area contributed by atoms with E-state index >= 15 is 0 Å². The molecule has 3 N–H and O–H groups in total. The first-order valence-corrected chi connectivity index (χ1v) is 13.8. The topological polar surface area (TPSA) is 111 Å². The third-order valence-corrected chi connectivity index (χ3v) is 10.1. The summed E-state index contributed by atoms with van der Waals surface area (Å²) in [6.45, 7) is 6.24. The zero-order valence-electron chi connectivity index (χ0n) is 20.7. The standard InChI is InChI=1S/C26H36N4O5S/c1-17(16-31)30-22(24(33)27-9-10-29-11-13-35-14-12-29)26-8-7-19(36-26)20(21(26)25(30)34)23(32)28-15-18-5-3-2-4-6-18/h2-6,17,19-22,31H,7-16H2,1H3,(H,27,33)(H,28,32)/t17-,19+,20-,21+,22?,26?/m1/s1. The minimum absolute atomic E-state index is 0.0185. The molecular formula is C26H36N4O5S. The highest BCUT2D eigenvalue weighted by molar-refractivity contribution is 8.02. The van der Waals surface area contributed by atoms with E-state index in [1.54, 1.807) is 23.6 Å². The molecule has 0 aromatic heterocycles. The van der Waals surface area contributed by atoms with Crippen LogP contribution in [-0.2, 0) is 25.7 Å². The molecule has 1 spiro atoms. The molecule has 4 aliphatic rings. The summed E-state index contributed by atoms with van der Waals surface area (Å²) in [6, 6.07) is 8.52. The smallest absolute Gasteiger partial charge is 0.244 e. The highest BCUT2D eigenvalue weighted by Gasteiger charge is 2.73. The number of carbonyl (C=O) groups is 3. The van der Waals surface area contributed by atoms with Gasteiger partial charge >= 0.3 is 0 Å². The van der Waals surface area contributed by atoms with Gasteiger partial charge in [-0.1, -0.05) is 30.3 Å². The van der Waals surface area contributed by atoms with E-state index < -0.39 is 28.7 Å². The molecule has 0 radical (unpaired) electrons. The van der Waals surface area contributed by atoms with Gasteiger partial charge in [0.2, 0.25) is 17.7 Å². The van der Waals surface area contributed by atoms with Gasteiger partial charge in [0.15, 0.2) is 0 Å². The number of carbonyl (C=O) groups excluding carboxylic acids is 3. The molecule has 0 aliphatic carbocycles. The summed E-state index contributed by atoms with van der Waals surface area (Å²) in [5.74, 6) is -1.51. The van der Waals surface area contributed by atoms with E-state index in [1.165, 1.54) is 0 Å². The molecule has 2 unspecified atom stereocenters. The summed E-state index contributed by atoms with van der Waals surface area (Å²) >= 11 is 1.65. The number of benzene rings is 1. The summed E-state index contributed by atoms with van der Waals surface area (Å²) in [6.07, 6.45) is 1.52. The maximum Gasteiger partial charge on any atom is 0.244 e. The Morgan fingerprint density at radius 3 is 2.67 bits per heavy atom. The van der Waals surface area contributed by atoms with Crippen molar-refractivity contribution < 1.29 is 24.2 Å². The molecule has 10 heteroatoms. The minimum Gasteiger partial charge on any atom is -0.394 e. The Morgan fingerprint density at radius 1 is 1.19 bits per heavy atom. The Labute approximate surface area is 216 Å². The largest absolute Gasteiger partial charge is 0.394 e. The van der Waals surface area contributed by atoms with E-state index in [0.717, 1.165) is 38.0 Å².